The molecule has 2 rings (SSSR count). The minimum Gasteiger partial charge on any atom is -0.316 e. The Hall–Kier alpha value is -1.45. The molecule has 0 fully saturated rings. The Bertz CT molecular complexity index is 572. The lowest BCUT2D eigenvalue weighted by Gasteiger charge is -2.02. The minimum absolute atomic E-state index is 0.161. The molecule has 1 heterocycles. The van der Waals surface area contributed by atoms with Crippen LogP contribution in [0.25, 0.3) is 16.5 Å². The first-order chi connectivity index (χ1) is 9.24. The summed E-state index contributed by atoms with van der Waals surface area (Å²) in [5.74, 6) is -0.161. The van der Waals surface area contributed by atoms with Gasteiger partial charge < -0.3 is 5.32 Å². The molecule has 0 aliphatic heterocycles. The molecule has 0 unspecified atom stereocenters. The smallest absolute Gasteiger partial charge is 0.131 e. The van der Waals surface area contributed by atoms with Crippen LogP contribution in [0.4, 0.5) is 4.39 Å². The predicted octanol–water partition coefficient (Wildman–Crippen LogP) is 4.57. The van der Waals surface area contributed by atoms with Crippen LogP contribution in [0.3, 0.4) is 0 Å². The van der Waals surface area contributed by atoms with Gasteiger partial charge in [-0.1, -0.05) is 30.7 Å². The van der Waals surface area contributed by atoms with Crippen molar-refractivity contribution in [2.45, 2.75) is 13.3 Å². The molecule has 0 spiro atoms. The second kappa shape index (κ2) is 6.64. The molecule has 1 N–H and O–H groups in total. The summed E-state index contributed by atoms with van der Waals surface area (Å²) in [7, 11) is 1.95. The summed E-state index contributed by atoms with van der Waals surface area (Å²) < 4.78 is 13.7. The molecule has 19 heavy (non-hydrogen) atoms. The van der Waals surface area contributed by atoms with Crippen molar-refractivity contribution in [1.82, 2.24) is 5.32 Å². The van der Waals surface area contributed by atoms with Gasteiger partial charge >= 0.3 is 0 Å². The average Bonchev–Trinajstić information content (AvgIpc) is 2.87. The Balaban J connectivity index is 2.27. The van der Waals surface area contributed by atoms with E-state index in [1.807, 2.05) is 25.2 Å². The molecule has 0 radical (unpaired) electrons. The van der Waals surface area contributed by atoms with Gasteiger partial charge in [-0.25, -0.2) is 4.39 Å². The monoisotopic (exact) mass is 275 g/mol. The Kier molecular flexibility index (Phi) is 4.88. The topological polar surface area (TPSA) is 12.0 Å². The SMILES string of the molecule is CCC(=Cc1ccc(-c2ccccc2F)s1)CNC. The van der Waals surface area contributed by atoms with Gasteiger partial charge in [0.15, 0.2) is 0 Å². The van der Waals surface area contributed by atoms with E-state index >= 15 is 0 Å². The van der Waals surface area contributed by atoms with E-state index in [1.165, 1.54) is 16.5 Å². The predicted molar refractivity (Wildman–Crippen MR) is 81.9 cm³/mol. The summed E-state index contributed by atoms with van der Waals surface area (Å²) in [5, 5.41) is 3.16. The van der Waals surface area contributed by atoms with Gasteiger partial charge in [0, 0.05) is 21.9 Å². The quantitative estimate of drug-likeness (QED) is 0.843. The molecule has 1 nitrogen and oxygen atoms in total. The maximum atomic E-state index is 13.7. The molecule has 0 aliphatic carbocycles. The molecular weight excluding hydrogens is 257 g/mol. The van der Waals surface area contributed by atoms with E-state index in [4.69, 9.17) is 0 Å². The van der Waals surface area contributed by atoms with Crippen molar-refractivity contribution in [1.29, 1.82) is 0 Å². The van der Waals surface area contributed by atoms with E-state index < -0.39 is 0 Å². The number of rotatable bonds is 5. The maximum absolute atomic E-state index is 13.7. The normalized spacial score (nSPS) is 11.8. The fraction of sp³-hybridized carbons (Fsp3) is 0.250. The first kappa shape index (κ1) is 14.0. The van der Waals surface area contributed by atoms with Crippen molar-refractivity contribution >= 4 is 17.4 Å². The van der Waals surface area contributed by atoms with Crippen LogP contribution in [0.5, 0.6) is 0 Å². The van der Waals surface area contributed by atoms with Crippen molar-refractivity contribution in [2.24, 2.45) is 0 Å². The minimum atomic E-state index is -0.161. The highest BCUT2D eigenvalue weighted by Crippen LogP contribution is 2.31. The zero-order valence-electron chi connectivity index (χ0n) is 11.2. The number of likely N-dealkylation sites (N-methyl/N-ethyl adjacent to an activating group) is 1. The standard InChI is InChI=1S/C16H18FNS/c1-3-12(11-18-2)10-13-8-9-16(19-13)14-6-4-5-7-15(14)17/h4-10,18H,3,11H2,1-2H3. The summed E-state index contributed by atoms with van der Waals surface area (Å²) in [6.45, 7) is 3.04. The van der Waals surface area contributed by atoms with Crippen molar-refractivity contribution in [3.05, 3.63) is 52.7 Å². The van der Waals surface area contributed by atoms with Gasteiger partial charge in [0.1, 0.15) is 5.82 Å². The summed E-state index contributed by atoms with van der Waals surface area (Å²) in [4.78, 5) is 2.15. The lowest BCUT2D eigenvalue weighted by molar-refractivity contribution is 0.631. The fourth-order valence-electron chi connectivity index (χ4n) is 1.94. The molecule has 0 amide bonds. The largest absolute Gasteiger partial charge is 0.316 e. The van der Waals surface area contributed by atoms with E-state index in [-0.39, 0.29) is 5.82 Å². The number of benzene rings is 1. The van der Waals surface area contributed by atoms with Gasteiger partial charge in [-0.05, 0) is 37.7 Å². The molecular formula is C16H18FNS. The van der Waals surface area contributed by atoms with Crippen LogP contribution in [0, 0.1) is 5.82 Å². The Morgan fingerprint density at radius 3 is 2.74 bits per heavy atom. The van der Waals surface area contributed by atoms with Gasteiger partial charge in [0.2, 0.25) is 0 Å². The lowest BCUT2D eigenvalue weighted by Crippen LogP contribution is -2.09. The van der Waals surface area contributed by atoms with E-state index in [9.17, 15) is 4.39 Å². The zero-order chi connectivity index (χ0) is 13.7. The van der Waals surface area contributed by atoms with E-state index in [2.05, 4.69) is 24.4 Å². The van der Waals surface area contributed by atoms with Crippen LogP contribution >= 0.6 is 11.3 Å². The highest BCUT2D eigenvalue weighted by atomic mass is 32.1. The number of hydrogen-bond acceptors (Lipinski definition) is 2. The van der Waals surface area contributed by atoms with Crippen molar-refractivity contribution < 1.29 is 4.39 Å². The lowest BCUT2D eigenvalue weighted by atomic mass is 10.1. The molecule has 0 saturated carbocycles. The maximum Gasteiger partial charge on any atom is 0.131 e. The second-order valence-corrected chi connectivity index (χ2v) is 5.48. The second-order valence-electron chi connectivity index (χ2n) is 4.37. The van der Waals surface area contributed by atoms with E-state index in [0.29, 0.717) is 5.56 Å². The third kappa shape index (κ3) is 3.52. The molecule has 3 heteroatoms. The van der Waals surface area contributed by atoms with Gasteiger partial charge in [-0.15, -0.1) is 11.3 Å². The average molecular weight is 275 g/mol. The van der Waals surface area contributed by atoms with Crippen LogP contribution in [0.15, 0.2) is 42.0 Å². The Labute approximate surface area is 117 Å². The van der Waals surface area contributed by atoms with Crippen molar-refractivity contribution in [3.63, 3.8) is 0 Å². The number of nitrogens with one attached hydrogen (secondary N) is 1. The Morgan fingerprint density at radius 2 is 2.05 bits per heavy atom. The summed E-state index contributed by atoms with van der Waals surface area (Å²) in [6, 6.07) is 11.0. The molecule has 0 aliphatic rings. The van der Waals surface area contributed by atoms with Crippen LogP contribution in [-0.2, 0) is 0 Å². The molecule has 1 aromatic carbocycles. The van der Waals surface area contributed by atoms with Crippen LogP contribution in [-0.4, -0.2) is 13.6 Å². The summed E-state index contributed by atoms with van der Waals surface area (Å²) >= 11 is 1.63. The van der Waals surface area contributed by atoms with Gasteiger partial charge in [0.25, 0.3) is 0 Å². The van der Waals surface area contributed by atoms with Crippen LogP contribution in [0.1, 0.15) is 18.2 Å². The van der Waals surface area contributed by atoms with Gasteiger partial charge in [-0.3, -0.25) is 0 Å². The molecule has 100 valence electrons. The molecule has 1 aromatic heterocycles. The summed E-state index contributed by atoms with van der Waals surface area (Å²) in [6.07, 6.45) is 3.21. The highest BCUT2D eigenvalue weighted by Gasteiger charge is 2.06. The third-order valence-electron chi connectivity index (χ3n) is 2.97. The van der Waals surface area contributed by atoms with Crippen molar-refractivity contribution in [2.75, 3.05) is 13.6 Å². The van der Waals surface area contributed by atoms with Gasteiger partial charge in [-0.2, -0.15) is 0 Å². The summed E-state index contributed by atoms with van der Waals surface area (Å²) in [5.41, 5.74) is 2.03. The van der Waals surface area contributed by atoms with Crippen molar-refractivity contribution in [3.8, 4) is 10.4 Å². The van der Waals surface area contributed by atoms with Gasteiger partial charge in [0.05, 0.1) is 0 Å². The van der Waals surface area contributed by atoms with Crippen LogP contribution in [0.2, 0.25) is 0 Å². The molecule has 0 saturated heterocycles. The third-order valence-corrected chi connectivity index (χ3v) is 4.04. The zero-order valence-corrected chi connectivity index (χ0v) is 12.1. The Morgan fingerprint density at radius 1 is 1.26 bits per heavy atom. The molecule has 0 bridgehead atoms. The molecule has 2 aromatic rings. The first-order valence-corrected chi connectivity index (χ1v) is 7.25. The molecule has 0 atom stereocenters. The highest BCUT2D eigenvalue weighted by molar-refractivity contribution is 7.16. The first-order valence-electron chi connectivity index (χ1n) is 6.43. The fourth-order valence-corrected chi connectivity index (χ4v) is 2.97. The van der Waals surface area contributed by atoms with E-state index in [0.717, 1.165) is 17.8 Å². The number of thiophene rings is 1. The number of halogens is 1. The van der Waals surface area contributed by atoms with E-state index in [1.54, 1.807) is 17.4 Å². The van der Waals surface area contributed by atoms with Crippen LogP contribution < -0.4 is 5.32 Å². The number of hydrogen-bond donors (Lipinski definition) is 1.